The number of rotatable bonds is 6. The summed E-state index contributed by atoms with van der Waals surface area (Å²) in [6, 6.07) is 7.91. The summed E-state index contributed by atoms with van der Waals surface area (Å²) < 4.78 is 1.05. The molecule has 0 radical (unpaired) electrons. The van der Waals surface area contributed by atoms with Crippen LogP contribution in [0.5, 0.6) is 0 Å². The van der Waals surface area contributed by atoms with E-state index in [1.165, 1.54) is 36.2 Å². The van der Waals surface area contributed by atoms with Crippen LogP contribution >= 0.6 is 11.3 Å². The zero-order chi connectivity index (χ0) is 14.7. The lowest BCUT2D eigenvalue weighted by Gasteiger charge is -2.06. The molecule has 1 aliphatic carbocycles. The van der Waals surface area contributed by atoms with Crippen molar-refractivity contribution >= 4 is 27.4 Å². The Hall–Kier alpha value is -1.65. The van der Waals surface area contributed by atoms with Gasteiger partial charge in [-0.25, -0.2) is 4.79 Å². The van der Waals surface area contributed by atoms with Gasteiger partial charge in [0.05, 0.1) is 0 Å². The molecule has 3 nitrogen and oxygen atoms in total. The first-order chi connectivity index (χ1) is 10.3. The molecule has 1 heterocycles. The van der Waals surface area contributed by atoms with Gasteiger partial charge >= 0.3 is 5.97 Å². The van der Waals surface area contributed by atoms with E-state index in [4.69, 9.17) is 0 Å². The third-order valence-corrected chi connectivity index (χ3v) is 5.15. The van der Waals surface area contributed by atoms with E-state index in [-0.39, 0.29) is 0 Å². The van der Waals surface area contributed by atoms with Crippen molar-refractivity contribution in [3.63, 3.8) is 0 Å². The molecule has 0 amide bonds. The molecule has 1 aromatic heterocycles. The standard InChI is InChI=1S/C17H19NO2S/c19-17(20)16-14(13-7-3-4-8-15(13)21-16)11-18-10-9-12-5-1-2-6-12/h3-5,7-8,18H,1-2,6,9-11H2,(H,19,20). The molecule has 0 atom stereocenters. The lowest BCUT2D eigenvalue weighted by Crippen LogP contribution is -2.16. The number of fused-ring (bicyclic) bond motifs is 1. The summed E-state index contributed by atoms with van der Waals surface area (Å²) in [7, 11) is 0. The fourth-order valence-electron chi connectivity index (χ4n) is 2.87. The van der Waals surface area contributed by atoms with Crippen molar-refractivity contribution in [1.29, 1.82) is 0 Å². The number of carboxylic acids is 1. The van der Waals surface area contributed by atoms with Crippen LogP contribution in [0.3, 0.4) is 0 Å². The highest BCUT2D eigenvalue weighted by Gasteiger charge is 2.16. The maximum absolute atomic E-state index is 11.4. The Labute approximate surface area is 128 Å². The molecular weight excluding hydrogens is 282 g/mol. The number of thiophene rings is 1. The smallest absolute Gasteiger partial charge is 0.346 e. The van der Waals surface area contributed by atoms with E-state index in [2.05, 4.69) is 11.4 Å². The van der Waals surface area contributed by atoms with Crippen molar-refractivity contribution in [2.24, 2.45) is 0 Å². The van der Waals surface area contributed by atoms with E-state index in [0.717, 1.165) is 28.6 Å². The third-order valence-electron chi connectivity index (χ3n) is 3.95. The van der Waals surface area contributed by atoms with E-state index >= 15 is 0 Å². The summed E-state index contributed by atoms with van der Waals surface area (Å²) >= 11 is 1.36. The molecule has 21 heavy (non-hydrogen) atoms. The number of carbonyl (C=O) groups is 1. The zero-order valence-electron chi connectivity index (χ0n) is 11.9. The topological polar surface area (TPSA) is 49.3 Å². The Morgan fingerprint density at radius 1 is 1.33 bits per heavy atom. The van der Waals surface area contributed by atoms with Crippen LogP contribution < -0.4 is 5.32 Å². The number of hydrogen-bond donors (Lipinski definition) is 2. The van der Waals surface area contributed by atoms with E-state index in [9.17, 15) is 9.90 Å². The minimum Gasteiger partial charge on any atom is -0.477 e. The third kappa shape index (κ3) is 3.17. The van der Waals surface area contributed by atoms with Crippen molar-refractivity contribution < 1.29 is 9.90 Å². The van der Waals surface area contributed by atoms with Gasteiger partial charge in [-0.2, -0.15) is 0 Å². The largest absolute Gasteiger partial charge is 0.477 e. The fraction of sp³-hybridized carbons (Fsp3) is 0.353. The summed E-state index contributed by atoms with van der Waals surface area (Å²) in [6.45, 7) is 1.54. The molecule has 0 saturated heterocycles. The first-order valence-electron chi connectivity index (χ1n) is 7.38. The maximum Gasteiger partial charge on any atom is 0.346 e. The predicted octanol–water partition coefficient (Wildman–Crippen LogP) is 4.19. The van der Waals surface area contributed by atoms with Gasteiger partial charge in [0.25, 0.3) is 0 Å². The molecule has 0 fully saturated rings. The van der Waals surface area contributed by atoms with Crippen LogP contribution in [0.2, 0.25) is 0 Å². The normalized spacial score (nSPS) is 14.6. The first-order valence-corrected chi connectivity index (χ1v) is 8.19. The molecule has 2 N–H and O–H groups in total. The Bertz CT molecular complexity index is 687. The number of carboxylic acid groups (broad SMARTS) is 1. The number of benzene rings is 1. The highest BCUT2D eigenvalue weighted by molar-refractivity contribution is 7.21. The summed E-state index contributed by atoms with van der Waals surface area (Å²) in [5, 5.41) is 13.8. The lowest BCUT2D eigenvalue weighted by atomic mass is 10.1. The molecule has 0 unspecified atom stereocenters. The molecule has 1 aromatic carbocycles. The van der Waals surface area contributed by atoms with Crippen molar-refractivity contribution in [2.75, 3.05) is 6.54 Å². The monoisotopic (exact) mass is 301 g/mol. The van der Waals surface area contributed by atoms with Gasteiger partial charge in [-0.15, -0.1) is 11.3 Å². The summed E-state index contributed by atoms with van der Waals surface area (Å²) in [5.41, 5.74) is 2.46. The lowest BCUT2D eigenvalue weighted by molar-refractivity contribution is 0.0701. The van der Waals surface area contributed by atoms with E-state index < -0.39 is 5.97 Å². The molecular formula is C17H19NO2S. The van der Waals surface area contributed by atoms with Gasteiger partial charge in [0, 0.05) is 11.2 Å². The number of aromatic carboxylic acids is 1. The Morgan fingerprint density at radius 2 is 2.19 bits per heavy atom. The number of nitrogens with one attached hydrogen (secondary N) is 1. The van der Waals surface area contributed by atoms with Crippen molar-refractivity contribution in [1.82, 2.24) is 5.32 Å². The summed E-state index contributed by atoms with van der Waals surface area (Å²) in [6.07, 6.45) is 7.14. The molecule has 0 spiro atoms. The van der Waals surface area contributed by atoms with Gasteiger partial charge in [-0.3, -0.25) is 0 Å². The predicted molar refractivity (Wildman–Crippen MR) is 87.0 cm³/mol. The van der Waals surface area contributed by atoms with Crippen LogP contribution in [0.4, 0.5) is 0 Å². The molecule has 0 bridgehead atoms. The van der Waals surface area contributed by atoms with Gasteiger partial charge in [-0.1, -0.05) is 29.8 Å². The van der Waals surface area contributed by atoms with Crippen LogP contribution in [-0.2, 0) is 6.54 Å². The van der Waals surface area contributed by atoms with Gasteiger partial charge in [0.2, 0.25) is 0 Å². The van der Waals surface area contributed by atoms with Crippen LogP contribution in [0.15, 0.2) is 35.9 Å². The quantitative estimate of drug-likeness (QED) is 0.621. The minimum absolute atomic E-state index is 0.462. The number of hydrogen-bond acceptors (Lipinski definition) is 3. The second-order valence-corrected chi connectivity index (χ2v) is 6.44. The second-order valence-electron chi connectivity index (χ2n) is 5.39. The molecule has 0 saturated carbocycles. The van der Waals surface area contributed by atoms with Gasteiger partial charge < -0.3 is 10.4 Å². The highest BCUT2D eigenvalue weighted by Crippen LogP contribution is 2.31. The molecule has 4 heteroatoms. The Kier molecular flexibility index (Phi) is 4.36. The second kappa shape index (κ2) is 6.41. The van der Waals surface area contributed by atoms with Crippen LogP contribution in [-0.4, -0.2) is 17.6 Å². The van der Waals surface area contributed by atoms with Crippen LogP contribution in [0.25, 0.3) is 10.1 Å². The molecule has 0 aliphatic heterocycles. The Balaban J connectivity index is 1.70. The first kappa shape index (κ1) is 14.3. The SMILES string of the molecule is O=C(O)c1sc2ccccc2c1CNCCC1=CCCC1. The van der Waals surface area contributed by atoms with Crippen molar-refractivity contribution in [3.05, 3.63) is 46.4 Å². The van der Waals surface area contributed by atoms with Gasteiger partial charge in [0.1, 0.15) is 4.88 Å². The Morgan fingerprint density at radius 3 is 2.95 bits per heavy atom. The number of allylic oxidation sites excluding steroid dienone is 1. The molecule has 1 aliphatic rings. The van der Waals surface area contributed by atoms with Crippen LogP contribution in [0.1, 0.15) is 40.9 Å². The van der Waals surface area contributed by atoms with Crippen molar-refractivity contribution in [2.45, 2.75) is 32.2 Å². The summed E-state index contributed by atoms with van der Waals surface area (Å²) in [4.78, 5) is 11.9. The fourth-order valence-corrected chi connectivity index (χ4v) is 3.93. The van der Waals surface area contributed by atoms with Crippen LogP contribution in [0, 0.1) is 0 Å². The van der Waals surface area contributed by atoms with E-state index in [1.807, 2.05) is 24.3 Å². The van der Waals surface area contributed by atoms with Crippen molar-refractivity contribution in [3.8, 4) is 0 Å². The minimum atomic E-state index is -0.827. The average molecular weight is 301 g/mol. The molecule has 2 aromatic rings. The maximum atomic E-state index is 11.4. The van der Waals surface area contributed by atoms with Gasteiger partial charge in [0.15, 0.2) is 0 Å². The zero-order valence-corrected chi connectivity index (χ0v) is 12.7. The van der Waals surface area contributed by atoms with E-state index in [0.29, 0.717) is 11.4 Å². The molecule has 110 valence electrons. The van der Waals surface area contributed by atoms with E-state index in [1.54, 1.807) is 0 Å². The van der Waals surface area contributed by atoms with Gasteiger partial charge in [-0.05, 0) is 49.2 Å². The highest BCUT2D eigenvalue weighted by atomic mass is 32.1. The summed E-state index contributed by atoms with van der Waals surface area (Å²) in [5.74, 6) is -0.827. The molecule has 3 rings (SSSR count). The average Bonchev–Trinajstić information content (AvgIpc) is 3.11.